The average Bonchev–Trinajstić information content (AvgIpc) is 2.73. The van der Waals surface area contributed by atoms with E-state index >= 15 is 0 Å². The molecule has 1 amide bonds. The van der Waals surface area contributed by atoms with Gasteiger partial charge in [-0.05, 0) is 48.5 Å². The summed E-state index contributed by atoms with van der Waals surface area (Å²) in [5.41, 5.74) is -0.545. The number of halogens is 3. The maximum atomic E-state index is 14.3. The van der Waals surface area contributed by atoms with E-state index in [4.69, 9.17) is 26.3 Å². The SMILES string of the molecule is COc1cc(F)ccc1ON(C(=O)c1cc(Cl)ccc1F)c1cccc(S(N)(=O)=O)c1. The summed E-state index contributed by atoms with van der Waals surface area (Å²) >= 11 is 5.89. The van der Waals surface area contributed by atoms with Gasteiger partial charge in [0, 0.05) is 11.1 Å². The average molecular weight is 469 g/mol. The molecular weight excluding hydrogens is 454 g/mol. The quantitative estimate of drug-likeness (QED) is 0.553. The lowest BCUT2D eigenvalue weighted by atomic mass is 10.2. The van der Waals surface area contributed by atoms with Crippen molar-refractivity contribution in [2.24, 2.45) is 5.14 Å². The van der Waals surface area contributed by atoms with E-state index in [1.54, 1.807) is 0 Å². The van der Waals surface area contributed by atoms with Gasteiger partial charge in [-0.3, -0.25) is 4.79 Å². The van der Waals surface area contributed by atoms with E-state index < -0.39 is 33.1 Å². The van der Waals surface area contributed by atoms with Crippen molar-refractivity contribution < 1.29 is 31.6 Å². The molecule has 0 atom stereocenters. The van der Waals surface area contributed by atoms with Gasteiger partial charge in [-0.25, -0.2) is 22.3 Å². The zero-order valence-corrected chi connectivity index (χ0v) is 17.5. The lowest BCUT2D eigenvalue weighted by Crippen LogP contribution is -2.35. The molecule has 0 aromatic heterocycles. The fraction of sp³-hybridized carbons (Fsp3) is 0.0500. The number of ether oxygens (including phenoxy) is 1. The molecule has 0 aliphatic heterocycles. The van der Waals surface area contributed by atoms with Crippen LogP contribution in [0.1, 0.15) is 10.4 Å². The Morgan fingerprint density at radius 1 is 1.03 bits per heavy atom. The Morgan fingerprint density at radius 2 is 1.77 bits per heavy atom. The first-order valence-corrected chi connectivity index (χ1v) is 10.5. The highest BCUT2D eigenvalue weighted by atomic mass is 35.5. The largest absolute Gasteiger partial charge is 0.493 e. The van der Waals surface area contributed by atoms with E-state index in [2.05, 4.69) is 0 Å². The van der Waals surface area contributed by atoms with Gasteiger partial charge in [0.1, 0.15) is 11.6 Å². The van der Waals surface area contributed by atoms with Crippen molar-refractivity contribution in [1.82, 2.24) is 0 Å². The van der Waals surface area contributed by atoms with Crippen LogP contribution in [0.4, 0.5) is 14.5 Å². The van der Waals surface area contributed by atoms with Crippen LogP contribution in [0.2, 0.25) is 5.02 Å². The monoisotopic (exact) mass is 468 g/mol. The number of primary sulfonamides is 1. The number of carbonyl (C=O) groups excluding carboxylic acids is 1. The van der Waals surface area contributed by atoms with Crippen LogP contribution >= 0.6 is 11.6 Å². The molecule has 0 radical (unpaired) electrons. The summed E-state index contributed by atoms with van der Waals surface area (Å²) in [5, 5.41) is 5.87. The highest BCUT2D eigenvalue weighted by molar-refractivity contribution is 7.89. The van der Waals surface area contributed by atoms with Gasteiger partial charge in [-0.2, -0.15) is 0 Å². The van der Waals surface area contributed by atoms with Crippen LogP contribution in [-0.2, 0) is 10.0 Å². The summed E-state index contributed by atoms with van der Waals surface area (Å²) in [6, 6.07) is 11.5. The molecule has 0 heterocycles. The molecule has 3 aromatic carbocycles. The highest BCUT2D eigenvalue weighted by Crippen LogP contribution is 2.31. The van der Waals surface area contributed by atoms with Gasteiger partial charge in [-0.15, -0.1) is 5.06 Å². The molecule has 0 aliphatic carbocycles. The summed E-state index contributed by atoms with van der Waals surface area (Å²) in [7, 11) is -2.86. The summed E-state index contributed by atoms with van der Waals surface area (Å²) in [5.74, 6) is -2.69. The lowest BCUT2D eigenvalue weighted by molar-refractivity contribution is 0.0873. The number of anilines is 1. The lowest BCUT2D eigenvalue weighted by Gasteiger charge is -2.24. The van der Waals surface area contributed by atoms with E-state index in [0.29, 0.717) is 5.06 Å². The summed E-state index contributed by atoms with van der Waals surface area (Å²) < 4.78 is 56.4. The molecule has 3 aromatic rings. The molecule has 11 heteroatoms. The van der Waals surface area contributed by atoms with Crippen LogP contribution in [-0.4, -0.2) is 21.4 Å². The van der Waals surface area contributed by atoms with Gasteiger partial charge in [0.05, 0.1) is 23.3 Å². The number of hydrogen-bond acceptors (Lipinski definition) is 5. The molecule has 0 saturated carbocycles. The van der Waals surface area contributed by atoms with Gasteiger partial charge >= 0.3 is 0 Å². The number of amides is 1. The van der Waals surface area contributed by atoms with Crippen molar-refractivity contribution >= 4 is 33.2 Å². The number of nitrogens with two attached hydrogens (primary N) is 1. The third-order valence-electron chi connectivity index (χ3n) is 4.04. The molecule has 7 nitrogen and oxygen atoms in total. The fourth-order valence-electron chi connectivity index (χ4n) is 2.58. The topological polar surface area (TPSA) is 98.9 Å². The molecule has 0 aliphatic rings. The van der Waals surface area contributed by atoms with Crippen molar-refractivity contribution in [2.45, 2.75) is 4.90 Å². The molecule has 0 bridgehead atoms. The van der Waals surface area contributed by atoms with Crippen LogP contribution < -0.4 is 19.8 Å². The second-order valence-electron chi connectivity index (χ2n) is 6.15. The Kier molecular flexibility index (Phi) is 6.44. The minimum atomic E-state index is -4.12. The second kappa shape index (κ2) is 8.88. The predicted octanol–water partition coefficient (Wildman–Crippen LogP) is 3.92. The molecule has 0 unspecified atom stereocenters. The standard InChI is InChI=1S/C20H15ClF2N2O5S/c1-29-19-10-13(22)6-8-18(19)30-25(14-3-2-4-15(11-14)31(24,27)28)20(26)16-9-12(21)5-7-17(16)23/h2-11H,1H3,(H2,24,27,28). The molecule has 0 spiro atoms. The van der Waals surface area contributed by atoms with Crippen LogP contribution in [0.3, 0.4) is 0 Å². The zero-order valence-electron chi connectivity index (χ0n) is 15.9. The Morgan fingerprint density at radius 3 is 2.45 bits per heavy atom. The molecule has 31 heavy (non-hydrogen) atoms. The summed E-state index contributed by atoms with van der Waals surface area (Å²) in [4.78, 5) is 18.4. The Bertz CT molecular complexity index is 1250. The van der Waals surface area contributed by atoms with Crippen molar-refractivity contribution in [1.29, 1.82) is 0 Å². The zero-order chi connectivity index (χ0) is 22.8. The summed E-state index contributed by atoms with van der Waals surface area (Å²) in [6.07, 6.45) is 0. The van der Waals surface area contributed by atoms with Gasteiger partial charge in [0.15, 0.2) is 11.5 Å². The normalized spacial score (nSPS) is 11.1. The number of hydrogen-bond donors (Lipinski definition) is 1. The first-order chi connectivity index (χ1) is 14.6. The van der Waals surface area contributed by atoms with Crippen LogP contribution in [0.25, 0.3) is 0 Å². The van der Waals surface area contributed by atoms with E-state index in [1.165, 1.54) is 37.4 Å². The number of carbonyl (C=O) groups is 1. The Labute approximate surface area is 181 Å². The number of methoxy groups -OCH3 is 1. The van der Waals surface area contributed by atoms with Crippen LogP contribution in [0.15, 0.2) is 65.6 Å². The molecule has 2 N–H and O–H groups in total. The number of rotatable bonds is 6. The van der Waals surface area contributed by atoms with Crippen molar-refractivity contribution in [3.8, 4) is 11.5 Å². The molecule has 3 rings (SSSR count). The molecule has 162 valence electrons. The maximum Gasteiger partial charge on any atom is 0.294 e. The third kappa shape index (κ3) is 5.10. The molecular formula is C20H15ClF2N2O5S. The number of hydroxylamine groups is 1. The van der Waals surface area contributed by atoms with Crippen LogP contribution in [0, 0.1) is 11.6 Å². The number of sulfonamides is 1. The van der Waals surface area contributed by atoms with Gasteiger partial charge in [0.2, 0.25) is 10.0 Å². The minimum Gasteiger partial charge on any atom is -0.493 e. The van der Waals surface area contributed by atoms with Gasteiger partial charge in [-0.1, -0.05) is 17.7 Å². The predicted molar refractivity (Wildman–Crippen MR) is 110 cm³/mol. The van der Waals surface area contributed by atoms with E-state index in [0.717, 1.165) is 30.3 Å². The van der Waals surface area contributed by atoms with E-state index in [-0.39, 0.29) is 27.1 Å². The first-order valence-electron chi connectivity index (χ1n) is 8.54. The Balaban J connectivity index is 2.15. The Hall–Kier alpha value is -3.21. The van der Waals surface area contributed by atoms with Gasteiger partial charge in [0.25, 0.3) is 5.91 Å². The van der Waals surface area contributed by atoms with E-state index in [9.17, 15) is 22.0 Å². The van der Waals surface area contributed by atoms with Crippen molar-refractivity contribution in [3.05, 3.63) is 82.9 Å². The second-order valence-corrected chi connectivity index (χ2v) is 8.15. The third-order valence-corrected chi connectivity index (χ3v) is 5.19. The van der Waals surface area contributed by atoms with Gasteiger partial charge < -0.3 is 9.57 Å². The van der Waals surface area contributed by atoms with Crippen LogP contribution in [0.5, 0.6) is 11.5 Å². The van der Waals surface area contributed by atoms with E-state index in [1.807, 2.05) is 0 Å². The fourth-order valence-corrected chi connectivity index (χ4v) is 3.31. The summed E-state index contributed by atoms with van der Waals surface area (Å²) in [6.45, 7) is 0. The molecule has 0 saturated heterocycles. The maximum absolute atomic E-state index is 14.3. The smallest absolute Gasteiger partial charge is 0.294 e. The highest BCUT2D eigenvalue weighted by Gasteiger charge is 2.26. The number of nitrogens with zero attached hydrogens (tertiary/aromatic N) is 1. The molecule has 0 fully saturated rings. The van der Waals surface area contributed by atoms with Crippen molar-refractivity contribution in [2.75, 3.05) is 12.2 Å². The van der Waals surface area contributed by atoms with Crippen molar-refractivity contribution in [3.63, 3.8) is 0 Å². The first kappa shape index (κ1) is 22.5. The minimum absolute atomic E-state index is 0.0630. The number of benzene rings is 3.